The summed E-state index contributed by atoms with van der Waals surface area (Å²) in [4.78, 5) is 13.8. The fourth-order valence-electron chi connectivity index (χ4n) is 4.51. The maximum Gasteiger partial charge on any atom is 0.586 e. The van der Waals surface area contributed by atoms with E-state index in [0.29, 0.717) is 0 Å². The van der Waals surface area contributed by atoms with Crippen LogP contribution in [0.3, 0.4) is 0 Å². The van der Waals surface area contributed by atoms with Crippen molar-refractivity contribution in [3.8, 4) is 11.5 Å². The van der Waals surface area contributed by atoms with Crippen LogP contribution in [0.2, 0.25) is 0 Å². The van der Waals surface area contributed by atoms with Crippen LogP contribution < -0.4 is 9.47 Å². The molecule has 2 aromatic carbocycles. The standard InChI is InChI=1S/C28H30F3NO5/c1-4-26(2,3)24-10-17-9-16(20(29)13-21(17)32(24)14-19(34)15-33)11-25(35)27(7-8-27)18-5-6-22-23(12-18)37-28(30,31)36-22/h5-6,9-10,12-13,19,33-34H,4,7-8,11,14-15H2,1-3H3/t19-/m0/s1/i4D2,7D2,8D2,19D. The van der Waals surface area contributed by atoms with Crippen molar-refractivity contribution in [3.05, 3.63) is 59.0 Å². The van der Waals surface area contributed by atoms with Crippen LogP contribution in [0.5, 0.6) is 11.5 Å². The minimum atomic E-state index is -4.01. The zero-order chi connectivity index (χ0) is 33.1. The Bertz CT molecular complexity index is 1670. The van der Waals surface area contributed by atoms with Gasteiger partial charge in [-0.3, -0.25) is 4.79 Å². The molecule has 5 rings (SSSR count). The van der Waals surface area contributed by atoms with Gasteiger partial charge in [-0.05, 0) is 60.6 Å². The molecule has 37 heavy (non-hydrogen) atoms. The molecule has 2 N–H and O–H groups in total. The average Bonchev–Trinajstić information content (AvgIpc) is 3.16. The highest BCUT2D eigenvalue weighted by molar-refractivity contribution is 5.95. The molecule has 6 nitrogen and oxygen atoms in total. The third kappa shape index (κ3) is 4.48. The first-order chi connectivity index (χ1) is 19.9. The molecule has 0 unspecified atom stereocenters. The molecule has 2 aliphatic rings. The number of aliphatic hydroxyl groups is 2. The number of ether oxygens (including phenoxy) is 2. The first-order valence-corrected chi connectivity index (χ1v) is 11.5. The molecule has 1 atom stereocenters. The Morgan fingerprint density at radius 1 is 1.24 bits per heavy atom. The van der Waals surface area contributed by atoms with Crippen molar-refractivity contribution in [2.45, 2.75) is 76.1 Å². The number of aliphatic hydroxyl groups excluding tert-OH is 1. The summed E-state index contributed by atoms with van der Waals surface area (Å²) in [5.41, 5.74) is -3.93. The number of carbonyl (C=O) groups excluding carboxylic acids is 1. The number of hydrogen-bond acceptors (Lipinski definition) is 5. The van der Waals surface area contributed by atoms with Crippen LogP contribution in [0, 0.1) is 5.82 Å². The van der Waals surface area contributed by atoms with Gasteiger partial charge in [-0.15, -0.1) is 8.78 Å². The Morgan fingerprint density at radius 3 is 2.59 bits per heavy atom. The van der Waals surface area contributed by atoms with E-state index in [9.17, 15) is 23.8 Å². The van der Waals surface area contributed by atoms with Crippen molar-refractivity contribution in [3.63, 3.8) is 0 Å². The van der Waals surface area contributed by atoms with E-state index < -0.39 is 79.2 Å². The first-order valence-electron chi connectivity index (χ1n) is 15.0. The van der Waals surface area contributed by atoms with Crippen molar-refractivity contribution >= 4 is 16.7 Å². The number of halogens is 3. The molecule has 0 saturated heterocycles. The van der Waals surface area contributed by atoms with E-state index in [1.165, 1.54) is 23.6 Å². The molecule has 2 heterocycles. The molecule has 1 aromatic heterocycles. The lowest BCUT2D eigenvalue weighted by atomic mass is 9.86. The highest BCUT2D eigenvalue weighted by atomic mass is 19.3. The second-order valence-electron chi connectivity index (χ2n) is 9.65. The molecule has 198 valence electrons. The van der Waals surface area contributed by atoms with Crippen molar-refractivity contribution in [1.82, 2.24) is 4.57 Å². The van der Waals surface area contributed by atoms with Gasteiger partial charge in [0.15, 0.2) is 11.5 Å². The smallest absolute Gasteiger partial charge is 0.395 e. The average molecular weight is 525 g/mol. The molecular weight excluding hydrogens is 487 g/mol. The number of carbonyl (C=O) groups is 1. The molecule has 3 aromatic rings. The van der Waals surface area contributed by atoms with E-state index in [-0.39, 0.29) is 33.5 Å². The third-order valence-electron chi connectivity index (χ3n) is 6.84. The predicted octanol–water partition coefficient (Wildman–Crippen LogP) is 4.99. The number of alkyl halides is 2. The number of fused-ring (bicyclic) bond motifs is 2. The monoisotopic (exact) mass is 524 g/mol. The van der Waals surface area contributed by atoms with Crippen LogP contribution in [0.1, 0.15) is 66.3 Å². The molecule has 1 aliphatic carbocycles. The van der Waals surface area contributed by atoms with Crippen molar-refractivity contribution < 1.29 is 47.2 Å². The van der Waals surface area contributed by atoms with Gasteiger partial charge in [0.1, 0.15) is 11.6 Å². The van der Waals surface area contributed by atoms with Crippen LogP contribution in [-0.4, -0.2) is 39.5 Å². The third-order valence-corrected chi connectivity index (χ3v) is 6.84. The van der Waals surface area contributed by atoms with Crippen molar-refractivity contribution in [2.24, 2.45) is 0 Å². The van der Waals surface area contributed by atoms with Gasteiger partial charge in [0.2, 0.25) is 0 Å². The topological polar surface area (TPSA) is 80.9 Å². The second-order valence-corrected chi connectivity index (χ2v) is 9.65. The summed E-state index contributed by atoms with van der Waals surface area (Å²) < 4.78 is 111. The van der Waals surface area contributed by atoms with Gasteiger partial charge in [0, 0.05) is 31.1 Å². The summed E-state index contributed by atoms with van der Waals surface area (Å²) >= 11 is 0. The molecule has 1 fully saturated rings. The molecular formula is C28H30F3NO5. The van der Waals surface area contributed by atoms with Gasteiger partial charge in [-0.1, -0.05) is 26.8 Å². The van der Waals surface area contributed by atoms with Crippen molar-refractivity contribution in [1.29, 1.82) is 0 Å². The summed E-state index contributed by atoms with van der Waals surface area (Å²) in [6, 6.07) is 6.76. The Hall–Kier alpha value is -3.04. The van der Waals surface area contributed by atoms with E-state index >= 15 is 4.39 Å². The van der Waals surface area contributed by atoms with Gasteiger partial charge >= 0.3 is 6.29 Å². The number of hydrogen-bond donors (Lipinski definition) is 2. The number of ketones is 1. The van der Waals surface area contributed by atoms with Crippen LogP contribution in [-0.2, 0) is 28.6 Å². The van der Waals surface area contributed by atoms with E-state index in [1.807, 2.05) is 0 Å². The molecule has 1 aliphatic heterocycles. The lowest BCUT2D eigenvalue weighted by molar-refractivity contribution is -0.286. The number of Topliss-reactive ketones (excluding diaryl/α,β-unsaturated/α-hetero) is 1. The van der Waals surface area contributed by atoms with Gasteiger partial charge in [0.25, 0.3) is 0 Å². The Kier molecular flexibility index (Phi) is 4.33. The summed E-state index contributed by atoms with van der Waals surface area (Å²) in [6.45, 7) is 2.95. The second kappa shape index (κ2) is 8.77. The summed E-state index contributed by atoms with van der Waals surface area (Å²) in [6.07, 6.45) is -14.7. The lowest BCUT2D eigenvalue weighted by Crippen LogP contribution is -2.26. The fourth-order valence-corrected chi connectivity index (χ4v) is 4.51. The van der Waals surface area contributed by atoms with Gasteiger partial charge in [-0.2, -0.15) is 0 Å². The maximum atomic E-state index is 15.7. The number of aromatic nitrogens is 1. The SMILES string of the molecule is [2H]C([2H])(C)C(C)(C)c1cc2cc(CC(=O)C3(c4ccc5c(c4)OC(F)(F)O5)C([2H])([2H])C3([2H])[2H])c(F)cc2n1C[C@]([2H])(O)CO. The van der Waals surface area contributed by atoms with E-state index in [0.717, 1.165) is 24.3 Å². The lowest BCUT2D eigenvalue weighted by Gasteiger charge is -2.26. The molecule has 0 spiro atoms. The van der Waals surface area contributed by atoms with E-state index in [4.69, 9.17) is 9.60 Å². The summed E-state index contributed by atoms with van der Waals surface area (Å²) in [5, 5.41) is 20.1. The quantitative estimate of drug-likeness (QED) is 0.413. The zero-order valence-corrected chi connectivity index (χ0v) is 20.3. The number of rotatable bonds is 9. The van der Waals surface area contributed by atoms with Crippen LogP contribution in [0.4, 0.5) is 13.2 Å². The number of benzene rings is 2. The van der Waals surface area contributed by atoms with E-state index in [2.05, 4.69) is 9.47 Å². The Labute approximate surface area is 222 Å². The van der Waals surface area contributed by atoms with Gasteiger partial charge in [0.05, 0.1) is 31.5 Å². The van der Waals surface area contributed by atoms with E-state index in [1.54, 1.807) is 13.8 Å². The molecule has 0 amide bonds. The highest BCUT2D eigenvalue weighted by Crippen LogP contribution is 2.52. The Balaban J connectivity index is 1.60. The highest BCUT2D eigenvalue weighted by Gasteiger charge is 2.52. The molecule has 1 saturated carbocycles. The summed E-state index contributed by atoms with van der Waals surface area (Å²) in [7, 11) is 0. The van der Waals surface area contributed by atoms with Crippen LogP contribution >= 0.6 is 0 Å². The van der Waals surface area contributed by atoms with Crippen LogP contribution in [0.15, 0.2) is 36.4 Å². The van der Waals surface area contributed by atoms with Crippen LogP contribution in [0.25, 0.3) is 10.9 Å². The minimum Gasteiger partial charge on any atom is -0.395 e. The molecule has 9 heteroatoms. The first kappa shape index (κ1) is 18.3. The predicted molar refractivity (Wildman–Crippen MR) is 131 cm³/mol. The molecule has 0 bridgehead atoms. The van der Waals surface area contributed by atoms with Crippen molar-refractivity contribution in [2.75, 3.05) is 6.61 Å². The summed E-state index contributed by atoms with van der Waals surface area (Å²) in [5.74, 6) is -2.94. The Morgan fingerprint density at radius 2 is 1.95 bits per heavy atom. The minimum absolute atomic E-state index is 0.119. The molecule has 0 radical (unpaired) electrons. The maximum absolute atomic E-state index is 15.7. The number of nitrogens with zero attached hydrogens (tertiary/aromatic N) is 1. The fraction of sp³-hybridized carbons (Fsp3) is 0.464. The largest absolute Gasteiger partial charge is 0.586 e. The van der Waals surface area contributed by atoms with Gasteiger partial charge < -0.3 is 24.3 Å². The van der Waals surface area contributed by atoms with Gasteiger partial charge in [-0.25, -0.2) is 4.39 Å². The normalized spacial score (nSPS) is 25.0. The zero-order valence-electron chi connectivity index (χ0n) is 27.3.